The number of rotatable bonds is 10. The summed E-state index contributed by atoms with van der Waals surface area (Å²) in [6.45, 7) is 3.17. The lowest BCUT2D eigenvalue weighted by Gasteiger charge is -2.32. The van der Waals surface area contributed by atoms with Crippen molar-refractivity contribution < 1.29 is 22.7 Å². The number of para-hydroxylation sites is 2. The number of methoxy groups -OCH3 is 1. The van der Waals surface area contributed by atoms with Crippen LogP contribution in [0, 0.1) is 6.92 Å². The van der Waals surface area contributed by atoms with Gasteiger partial charge in [-0.25, -0.2) is 8.42 Å². The molecule has 0 bridgehead atoms. The predicted octanol–water partition coefficient (Wildman–Crippen LogP) is 3.36. The van der Waals surface area contributed by atoms with Gasteiger partial charge in [0.1, 0.15) is 18.3 Å². The minimum absolute atomic E-state index is 0.0355. The molecule has 2 amide bonds. The summed E-state index contributed by atoms with van der Waals surface area (Å²) in [5.74, 6) is -0.585. The maximum absolute atomic E-state index is 13.8. The Kier molecular flexibility index (Phi) is 8.71. The third-order valence-corrected chi connectivity index (χ3v) is 7.59. The standard InChI is InChI=1S/C27H31N3O5S/c1-20-11-10-12-22(17-20)18-29(21(2)27(32)28-3)26(31)19-30(24-15-8-9-16-25(24)35-4)36(33,34)23-13-6-5-7-14-23/h5-17,21H,18-19H2,1-4H3,(H,28,32)/t21-/m0/s1. The largest absolute Gasteiger partial charge is 0.495 e. The number of hydrogen-bond acceptors (Lipinski definition) is 5. The van der Waals surface area contributed by atoms with Crippen molar-refractivity contribution in [1.82, 2.24) is 10.2 Å². The molecule has 0 aliphatic carbocycles. The molecule has 0 unspecified atom stereocenters. The summed E-state index contributed by atoms with van der Waals surface area (Å²) < 4.78 is 33.9. The van der Waals surface area contributed by atoms with Crippen molar-refractivity contribution in [3.05, 3.63) is 90.0 Å². The van der Waals surface area contributed by atoms with Crippen LogP contribution in [0.3, 0.4) is 0 Å². The van der Waals surface area contributed by atoms with Crippen molar-refractivity contribution in [2.75, 3.05) is 25.0 Å². The molecule has 3 rings (SSSR count). The van der Waals surface area contributed by atoms with E-state index in [1.165, 1.54) is 31.2 Å². The molecule has 1 atom stereocenters. The number of ether oxygens (including phenoxy) is 1. The molecule has 0 heterocycles. The second kappa shape index (κ2) is 11.7. The van der Waals surface area contributed by atoms with Crippen LogP contribution in [-0.2, 0) is 26.2 Å². The molecule has 0 aliphatic rings. The van der Waals surface area contributed by atoms with Crippen molar-refractivity contribution in [2.45, 2.75) is 31.3 Å². The van der Waals surface area contributed by atoms with Crippen molar-refractivity contribution in [3.63, 3.8) is 0 Å². The average Bonchev–Trinajstić information content (AvgIpc) is 2.89. The van der Waals surface area contributed by atoms with E-state index in [0.717, 1.165) is 15.4 Å². The van der Waals surface area contributed by atoms with Crippen LogP contribution in [0.4, 0.5) is 5.69 Å². The maximum atomic E-state index is 13.8. The molecule has 0 spiro atoms. The Labute approximate surface area is 212 Å². The van der Waals surface area contributed by atoms with Gasteiger partial charge in [0.25, 0.3) is 10.0 Å². The van der Waals surface area contributed by atoms with Gasteiger partial charge in [-0.3, -0.25) is 13.9 Å². The number of aryl methyl sites for hydroxylation is 1. The second-order valence-electron chi connectivity index (χ2n) is 8.30. The summed E-state index contributed by atoms with van der Waals surface area (Å²) in [5.41, 5.74) is 2.06. The zero-order chi connectivity index (χ0) is 26.3. The highest BCUT2D eigenvalue weighted by atomic mass is 32.2. The van der Waals surface area contributed by atoms with E-state index >= 15 is 0 Å². The Morgan fingerprint density at radius 1 is 0.972 bits per heavy atom. The smallest absolute Gasteiger partial charge is 0.264 e. The van der Waals surface area contributed by atoms with E-state index in [0.29, 0.717) is 5.75 Å². The second-order valence-corrected chi connectivity index (χ2v) is 10.2. The first-order valence-corrected chi connectivity index (χ1v) is 12.9. The van der Waals surface area contributed by atoms with E-state index in [-0.39, 0.29) is 23.0 Å². The molecule has 3 aromatic carbocycles. The van der Waals surface area contributed by atoms with Gasteiger partial charge in [-0.1, -0.05) is 60.2 Å². The van der Waals surface area contributed by atoms with Gasteiger partial charge >= 0.3 is 0 Å². The third-order valence-electron chi connectivity index (χ3n) is 5.81. The van der Waals surface area contributed by atoms with Gasteiger partial charge in [0.15, 0.2) is 0 Å². The van der Waals surface area contributed by atoms with Crippen LogP contribution >= 0.6 is 0 Å². The molecule has 3 aromatic rings. The summed E-state index contributed by atoms with van der Waals surface area (Å²) >= 11 is 0. The lowest BCUT2D eigenvalue weighted by molar-refractivity contribution is -0.139. The van der Waals surface area contributed by atoms with E-state index in [9.17, 15) is 18.0 Å². The highest BCUT2D eigenvalue weighted by Gasteiger charge is 2.33. The molecule has 0 aliphatic heterocycles. The Morgan fingerprint density at radius 3 is 2.28 bits per heavy atom. The van der Waals surface area contributed by atoms with Gasteiger partial charge in [0.05, 0.1) is 17.7 Å². The van der Waals surface area contributed by atoms with E-state index in [2.05, 4.69) is 5.32 Å². The number of nitrogens with one attached hydrogen (secondary N) is 1. The Hall–Kier alpha value is -3.85. The fourth-order valence-corrected chi connectivity index (χ4v) is 5.31. The first kappa shape index (κ1) is 26.7. The molecule has 1 N–H and O–H groups in total. The zero-order valence-electron chi connectivity index (χ0n) is 20.8. The van der Waals surface area contributed by atoms with E-state index in [4.69, 9.17) is 4.74 Å². The molecule has 0 saturated heterocycles. The monoisotopic (exact) mass is 509 g/mol. The van der Waals surface area contributed by atoms with Crippen LogP contribution in [-0.4, -0.2) is 51.9 Å². The number of anilines is 1. The highest BCUT2D eigenvalue weighted by molar-refractivity contribution is 7.92. The van der Waals surface area contributed by atoms with Crippen molar-refractivity contribution in [1.29, 1.82) is 0 Å². The van der Waals surface area contributed by atoms with E-state index < -0.39 is 28.5 Å². The summed E-state index contributed by atoms with van der Waals surface area (Å²) in [5, 5.41) is 2.57. The van der Waals surface area contributed by atoms with E-state index in [1.807, 2.05) is 31.2 Å². The van der Waals surface area contributed by atoms with Gasteiger partial charge in [-0.15, -0.1) is 0 Å². The molecular formula is C27H31N3O5S. The minimum Gasteiger partial charge on any atom is -0.495 e. The Balaban J connectivity index is 2.06. The number of carbonyl (C=O) groups excluding carboxylic acids is 2. The number of sulfonamides is 1. The number of carbonyl (C=O) groups is 2. The van der Waals surface area contributed by atoms with Crippen LogP contribution in [0.2, 0.25) is 0 Å². The third kappa shape index (κ3) is 6.04. The molecule has 0 radical (unpaired) electrons. The number of likely N-dealkylation sites (N-methyl/N-ethyl adjacent to an activating group) is 1. The summed E-state index contributed by atoms with van der Waals surface area (Å²) in [6, 6.07) is 21.3. The molecule has 8 nitrogen and oxygen atoms in total. The van der Waals surface area contributed by atoms with Crippen LogP contribution < -0.4 is 14.4 Å². The van der Waals surface area contributed by atoms with Crippen molar-refractivity contribution >= 4 is 27.5 Å². The topological polar surface area (TPSA) is 96.0 Å². The lowest BCUT2D eigenvalue weighted by Crippen LogP contribution is -2.50. The number of hydrogen-bond donors (Lipinski definition) is 1. The number of benzene rings is 3. The summed E-state index contributed by atoms with van der Waals surface area (Å²) in [4.78, 5) is 27.7. The molecular weight excluding hydrogens is 478 g/mol. The lowest BCUT2D eigenvalue weighted by atomic mass is 10.1. The summed E-state index contributed by atoms with van der Waals surface area (Å²) in [6.07, 6.45) is 0. The van der Waals surface area contributed by atoms with Gasteiger partial charge in [0, 0.05) is 13.6 Å². The minimum atomic E-state index is -4.14. The molecule has 0 fully saturated rings. The highest BCUT2D eigenvalue weighted by Crippen LogP contribution is 2.32. The van der Waals surface area contributed by atoms with Crippen molar-refractivity contribution in [3.8, 4) is 5.75 Å². The SMILES string of the molecule is CNC(=O)[C@H](C)N(Cc1cccc(C)c1)C(=O)CN(c1ccccc1OC)S(=O)(=O)c1ccccc1. The normalized spacial score (nSPS) is 11.9. The van der Waals surface area contributed by atoms with Gasteiger partial charge in [0.2, 0.25) is 11.8 Å². The number of nitrogens with zero attached hydrogens (tertiary/aromatic N) is 2. The van der Waals surface area contributed by atoms with Crippen molar-refractivity contribution in [2.24, 2.45) is 0 Å². The fraction of sp³-hybridized carbons (Fsp3) is 0.259. The van der Waals surface area contributed by atoms with Gasteiger partial charge in [-0.2, -0.15) is 0 Å². The quantitative estimate of drug-likeness (QED) is 0.452. The molecule has 190 valence electrons. The maximum Gasteiger partial charge on any atom is 0.264 e. The molecule has 0 aromatic heterocycles. The van der Waals surface area contributed by atoms with Gasteiger partial charge in [-0.05, 0) is 43.7 Å². The average molecular weight is 510 g/mol. The summed E-state index contributed by atoms with van der Waals surface area (Å²) in [7, 11) is -1.21. The predicted molar refractivity (Wildman–Crippen MR) is 139 cm³/mol. The fourth-order valence-electron chi connectivity index (χ4n) is 3.87. The first-order chi connectivity index (χ1) is 17.2. The molecule has 9 heteroatoms. The molecule has 0 saturated carbocycles. The van der Waals surface area contributed by atoms with Crippen LogP contribution in [0.15, 0.2) is 83.8 Å². The zero-order valence-corrected chi connectivity index (χ0v) is 21.7. The first-order valence-electron chi connectivity index (χ1n) is 11.5. The van der Waals surface area contributed by atoms with Crippen LogP contribution in [0.5, 0.6) is 5.75 Å². The van der Waals surface area contributed by atoms with Crippen LogP contribution in [0.1, 0.15) is 18.1 Å². The van der Waals surface area contributed by atoms with Gasteiger partial charge < -0.3 is 15.0 Å². The number of amides is 2. The Morgan fingerprint density at radius 2 is 1.64 bits per heavy atom. The molecule has 36 heavy (non-hydrogen) atoms. The Bertz CT molecular complexity index is 1310. The van der Waals surface area contributed by atoms with Crippen LogP contribution in [0.25, 0.3) is 0 Å². The van der Waals surface area contributed by atoms with E-state index in [1.54, 1.807) is 49.4 Å².